The molecular weight excluding hydrogens is 304 g/mol. The molecule has 0 spiro atoms. The quantitative estimate of drug-likeness (QED) is 0.652. The fraction of sp³-hybridized carbons (Fsp3) is 0.267. The lowest BCUT2D eigenvalue weighted by Crippen LogP contribution is -2.25. The van der Waals surface area contributed by atoms with E-state index < -0.39 is 4.92 Å². The zero-order valence-electron chi connectivity index (χ0n) is 12.2. The van der Waals surface area contributed by atoms with Crippen LogP contribution in [0.15, 0.2) is 36.4 Å². The first-order chi connectivity index (χ1) is 10.5. The molecule has 1 amide bonds. The van der Waals surface area contributed by atoms with Crippen LogP contribution in [0.5, 0.6) is 5.75 Å². The third-order valence-electron chi connectivity index (χ3n) is 3.03. The average Bonchev–Trinajstić information content (AvgIpc) is 2.98. The molecule has 1 atom stereocenters. The smallest absolute Gasteiger partial charge is 0.324 e. The molecule has 0 bridgehead atoms. The third-order valence-corrected chi connectivity index (χ3v) is 4.07. The minimum Gasteiger partial charge on any atom is -0.494 e. The van der Waals surface area contributed by atoms with E-state index in [1.54, 1.807) is 0 Å². The molecule has 1 heterocycles. The highest BCUT2D eigenvalue weighted by Gasteiger charge is 2.17. The van der Waals surface area contributed by atoms with Crippen LogP contribution in [-0.2, 0) is 0 Å². The minimum absolute atomic E-state index is 0.0427. The molecule has 0 aliphatic rings. The second-order valence-electron chi connectivity index (χ2n) is 4.59. The molecule has 6 nitrogen and oxygen atoms in total. The van der Waals surface area contributed by atoms with Crippen LogP contribution in [0.1, 0.15) is 35.1 Å². The molecule has 2 rings (SSSR count). The second kappa shape index (κ2) is 7.04. The van der Waals surface area contributed by atoms with E-state index in [4.69, 9.17) is 4.74 Å². The van der Waals surface area contributed by atoms with Gasteiger partial charge in [0.1, 0.15) is 5.75 Å². The van der Waals surface area contributed by atoms with Gasteiger partial charge >= 0.3 is 5.00 Å². The van der Waals surface area contributed by atoms with Gasteiger partial charge in [0, 0.05) is 6.07 Å². The SMILES string of the molecule is CCOc1ccc([C@@H](C)NC(=O)c2ccc([N+](=O)[O-])s2)cc1. The van der Waals surface area contributed by atoms with Crippen LogP contribution in [0.2, 0.25) is 0 Å². The van der Waals surface area contributed by atoms with Gasteiger partial charge in [0.05, 0.1) is 22.4 Å². The summed E-state index contributed by atoms with van der Waals surface area (Å²) in [5.74, 6) is 0.457. The predicted molar refractivity (Wildman–Crippen MR) is 84.5 cm³/mol. The summed E-state index contributed by atoms with van der Waals surface area (Å²) in [6, 6.07) is 10.0. The first-order valence-electron chi connectivity index (χ1n) is 6.79. The van der Waals surface area contributed by atoms with Crippen LogP contribution in [0.25, 0.3) is 0 Å². The Morgan fingerprint density at radius 2 is 2.00 bits per heavy atom. The van der Waals surface area contributed by atoms with E-state index in [1.807, 2.05) is 38.1 Å². The summed E-state index contributed by atoms with van der Waals surface area (Å²) in [5, 5.41) is 13.4. The molecule has 1 N–H and O–H groups in total. The number of nitro groups is 1. The van der Waals surface area contributed by atoms with Crippen LogP contribution in [0, 0.1) is 10.1 Å². The molecule has 0 saturated heterocycles. The van der Waals surface area contributed by atoms with Crippen molar-refractivity contribution < 1.29 is 14.5 Å². The highest BCUT2D eigenvalue weighted by Crippen LogP contribution is 2.25. The van der Waals surface area contributed by atoms with Gasteiger partial charge in [-0.3, -0.25) is 14.9 Å². The molecule has 7 heteroatoms. The van der Waals surface area contributed by atoms with E-state index in [-0.39, 0.29) is 17.0 Å². The maximum absolute atomic E-state index is 12.1. The van der Waals surface area contributed by atoms with Crippen LogP contribution >= 0.6 is 11.3 Å². The Bertz CT molecular complexity index is 666. The average molecular weight is 320 g/mol. The first-order valence-corrected chi connectivity index (χ1v) is 7.60. The number of amides is 1. The van der Waals surface area contributed by atoms with Crippen LogP contribution in [0.3, 0.4) is 0 Å². The largest absolute Gasteiger partial charge is 0.494 e. The lowest BCUT2D eigenvalue weighted by atomic mass is 10.1. The zero-order valence-corrected chi connectivity index (χ0v) is 13.1. The number of hydrogen-bond donors (Lipinski definition) is 1. The summed E-state index contributed by atoms with van der Waals surface area (Å²) in [7, 11) is 0. The number of carbonyl (C=O) groups excluding carboxylic acids is 1. The first kappa shape index (κ1) is 16.0. The Balaban J connectivity index is 2.02. The van der Waals surface area contributed by atoms with Gasteiger partial charge in [-0.15, -0.1) is 0 Å². The van der Waals surface area contributed by atoms with E-state index in [1.165, 1.54) is 12.1 Å². The molecule has 0 radical (unpaired) electrons. The number of rotatable bonds is 6. The zero-order chi connectivity index (χ0) is 16.1. The van der Waals surface area contributed by atoms with Gasteiger partial charge in [-0.2, -0.15) is 0 Å². The van der Waals surface area contributed by atoms with Crippen molar-refractivity contribution in [3.63, 3.8) is 0 Å². The van der Waals surface area contributed by atoms with Gasteiger partial charge in [-0.25, -0.2) is 0 Å². The van der Waals surface area contributed by atoms with Gasteiger partial charge in [-0.1, -0.05) is 23.5 Å². The van der Waals surface area contributed by atoms with Gasteiger partial charge in [0.15, 0.2) is 0 Å². The maximum Gasteiger partial charge on any atom is 0.324 e. The van der Waals surface area contributed by atoms with Crippen molar-refractivity contribution in [1.29, 1.82) is 0 Å². The summed E-state index contributed by atoms with van der Waals surface area (Å²) >= 11 is 0.864. The van der Waals surface area contributed by atoms with Crippen molar-refractivity contribution >= 4 is 22.2 Å². The van der Waals surface area contributed by atoms with E-state index in [9.17, 15) is 14.9 Å². The lowest BCUT2D eigenvalue weighted by molar-refractivity contribution is -0.380. The Morgan fingerprint density at radius 1 is 1.32 bits per heavy atom. The normalized spacial score (nSPS) is 11.7. The fourth-order valence-corrected chi connectivity index (χ4v) is 2.64. The van der Waals surface area contributed by atoms with E-state index in [0.717, 1.165) is 22.6 Å². The Kier molecular flexibility index (Phi) is 5.11. The maximum atomic E-state index is 12.1. The van der Waals surface area contributed by atoms with Crippen molar-refractivity contribution in [2.75, 3.05) is 6.61 Å². The van der Waals surface area contributed by atoms with E-state index >= 15 is 0 Å². The molecule has 1 aromatic heterocycles. The monoisotopic (exact) mass is 320 g/mol. The van der Waals surface area contributed by atoms with E-state index in [2.05, 4.69) is 5.32 Å². The number of thiophene rings is 1. The Hall–Kier alpha value is -2.41. The molecule has 0 fully saturated rings. The second-order valence-corrected chi connectivity index (χ2v) is 5.65. The van der Waals surface area contributed by atoms with Crippen LogP contribution < -0.4 is 10.1 Å². The molecule has 22 heavy (non-hydrogen) atoms. The topological polar surface area (TPSA) is 81.5 Å². The molecule has 1 aromatic carbocycles. The van der Waals surface area contributed by atoms with Crippen LogP contribution in [0.4, 0.5) is 5.00 Å². The summed E-state index contributed by atoms with van der Waals surface area (Å²) < 4.78 is 5.37. The van der Waals surface area contributed by atoms with Crippen molar-refractivity contribution in [3.8, 4) is 5.75 Å². The summed E-state index contributed by atoms with van der Waals surface area (Å²) in [6.07, 6.45) is 0. The fourth-order valence-electron chi connectivity index (χ4n) is 1.92. The highest BCUT2D eigenvalue weighted by atomic mass is 32.1. The summed E-state index contributed by atoms with van der Waals surface area (Å²) in [6.45, 7) is 4.37. The number of nitrogens with zero attached hydrogens (tertiary/aromatic N) is 1. The van der Waals surface area contributed by atoms with E-state index in [0.29, 0.717) is 11.5 Å². The van der Waals surface area contributed by atoms with Gasteiger partial charge < -0.3 is 10.1 Å². The highest BCUT2D eigenvalue weighted by molar-refractivity contribution is 7.17. The van der Waals surface area contributed by atoms with Crippen molar-refractivity contribution in [1.82, 2.24) is 5.32 Å². The Morgan fingerprint density at radius 3 is 2.55 bits per heavy atom. The molecule has 116 valence electrons. The number of hydrogen-bond acceptors (Lipinski definition) is 5. The predicted octanol–water partition coefficient (Wildman–Crippen LogP) is 3.55. The summed E-state index contributed by atoms with van der Waals surface area (Å²) in [5.41, 5.74) is 0.933. The number of carbonyl (C=O) groups is 1. The standard InChI is InChI=1S/C15H16N2O4S/c1-3-21-12-6-4-11(5-7-12)10(2)16-15(18)13-8-9-14(22-13)17(19)20/h4-10H,3H2,1-2H3,(H,16,18)/t10-/m1/s1. The van der Waals surface area contributed by atoms with Crippen molar-refractivity contribution in [2.45, 2.75) is 19.9 Å². The molecule has 0 aliphatic heterocycles. The van der Waals surface area contributed by atoms with Crippen LogP contribution in [-0.4, -0.2) is 17.4 Å². The third kappa shape index (κ3) is 3.82. The summed E-state index contributed by atoms with van der Waals surface area (Å²) in [4.78, 5) is 22.5. The molecule has 2 aromatic rings. The lowest BCUT2D eigenvalue weighted by Gasteiger charge is -2.14. The van der Waals surface area contributed by atoms with Gasteiger partial charge in [0.2, 0.25) is 0 Å². The molecule has 0 aliphatic carbocycles. The van der Waals surface area contributed by atoms with Gasteiger partial charge in [0.25, 0.3) is 5.91 Å². The Labute approximate surface area is 131 Å². The minimum atomic E-state index is -0.503. The number of ether oxygens (including phenoxy) is 1. The molecular formula is C15H16N2O4S. The van der Waals surface area contributed by atoms with Gasteiger partial charge in [-0.05, 0) is 37.6 Å². The van der Waals surface area contributed by atoms with Crippen molar-refractivity contribution in [2.24, 2.45) is 0 Å². The molecule has 0 unspecified atom stereocenters. The number of benzene rings is 1. The molecule has 0 saturated carbocycles. The number of nitrogens with one attached hydrogen (secondary N) is 1. The van der Waals surface area contributed by atoms with Crippen molar-refractivity contribution in [3.05, 3.63) is 57.0 Å².